The van der Waals surface area contributed by atoms with Crippen molar-refractivity contribution >= 4 is 11.7 Å². The zero-order valence-electron chi connectivity index (χ0n) is 19.4. The molecule has 1 N–H and O–H groups in total. The van der Waals surface area contributed by atoms with E-state index in [1.807, 2.05) is 71.6 Å². The minimum Gasteiger partial charge on any atom is -0.312 e. The van der Waals surface area contributed by atoms with E-state index in [0.29, 0.717) is 29.2 Å². The minimum absolute atomic E-state index is 0.261. The summed E-state index contributed by atoms with van der Waals surface area (Å²) in [7, 11) is 0. The van der Waals surface area contributed by atoms with E-state index in [9.17, 15) is 9.18 Å². The molecule has 1 amide bonds. The fourth-order valence-electron chi connectivity index (χ4n) is 4.06. The number of hydrogen-bond donors (Lipinski definition) is 1. The molecule has 7 heteroatoms. The van der Waals surface area contributed by atoms with Gasteiger partial charge >= 0.3 is 0 Å². The summed E-state index contributed by atoms with van der Waals surface area (Å²) >= 11 is 0. The Hall–Kier alpha value is -4.52. The zero-order chi connectivity index (χ0) is 24.4. The van der Waals surface area contributed by atoms with Crippen LogP contribution >= 0.6 is 0 Å². The third-order valence-electron chi connectivity index (χ3n) is 5.77. The predicted molar refractivity (Wildman–Crippen MR) is 134 cm³/mol. The monoisotopic (exact) mass is 465 g/mol. The van der Waals surface area contributed by atoms with Gasteiger partial charge in [0.2, 0.25) is 0 Å². The number of aromatic nitrogens is 4. The lowest BCUT2D eigenvalue weighted by atomic mass is 10.1. The van der Waals surface area contributed by atoms with Crippen molar-refractivity contribution in [2.24, 2.45) is 0 Å². The summed E-state index contributed by atoms with van der Waals surface area (Å²) < 4.78 is 17.2. The van der Waals surface area contributed by atoms with Gasteiger partial charge in [0.05, 0.1) is 24.3 Å². The van der Waals surface area contributed by atoms with Crippen molar-refractivity contribution in [2.75, 3.05) is 5.32 Å². The van der Waals surface area contributed by atoms with Crippen molar-refractivity contribution in [3.05, 3.63) is 120 Å². The molecule has 0 saturated heterocycles. The van der Waals surface area contributed by atoms with Gasteiger partial charge in [-0.05, 0) is 74.0 Å². The number of carbonyl (C=O) groups excluding carboxylic acids is 1. The molecule has 0 spiro atoms. The Balaban J connectivity index is 1.45. The van der Waals surface area contributed by atoms with E-state index >= 15 is 0 Å². The number of amides is 1. The first-order chi connectivity index (χ1) is 17.0. The first kappa shape index (κ1) is 22.3. The molecule has 2 aromatic heterocycles. The average Bonchev–Trinajstić information content (AvgIpc) is 3.42. The molecule has 6 nitrogen and oxygen atoms in total. The summed E-state index contributed by atoms with van der Waals surface area (Å²) in [6.45, 7) is 4.47. The Morgan fingerprint density at radius 1 is 0.943 bits per heavy atom. The highest BCUT2D eigenvalue weighted by Gasteiger charge is 2.17. The van der Waals surface area contributed by atoms with E-state index in [0.717, 1.165) is 22.6 Å². The van der Waals surface area contributed by atoms with E-state index in [4.69, 9.17) is 0 Å². The van der Waals surface area contributed by atoms with Crippen molar-refractivity contribution in [2.45, 2.75) is 20.4 Å². The van der Waals surface area contributed by atoms with Crippen molar-refractivity contribution in [1.29, 1.82) is 0 Å². The molecule has 5 aromatic rings. The van der Waals surface area contributed by atoms with Gasteiger partial charge in [-0.25, -0.2) is 14.1 Å². The molecule has 3 aromatic carbocycles. The topological polar surface area (TPSA) is 64.7 Å². The normalized spacial score (nSPS) is 10.9. The highest BCUT2D eigenvalue weighted by atomic mass is 19.1. The number of imidazole rings is 1. The van der Waals surface area contributed by atoms with Gasteiger partial charge in [0, 0.05) is 16.8 Å². The second-order valence-corrected chi connectivity index (χ2v) is 8.40. The summed E-state index contributed by atoms with van der Waals surface area (Å²) in [5.74, 6) is -0.0399. The highest BCUT2D eigenvalue weighted by molar-refractivity contribution is 6.05. The Morgan fingerprint density at radius 3 is 2.31 bits per heavy atom. The Labute approximate surface area is 202 Å². The number of anilines is 1. The van der Waals surface area contributed by atoms with Crippen molar-refractivity contribution < 1.29 is 9.18 Å². The Bertz CT molecular complexity index is 1470. The van der Waals surface area contributed by atoms with E-state index in [-0.39, 0.29) is 11.7 Å². The van der Waals surface area contributed by atoms with Crippen LogP contribution in [0.3, 0.4) is 0 Å². The van der Waals surface area contributed by atoms with Gasteiger partial charge in [0.15, 0.2) is 0 Å². The van der Waals surface area contributed by atoms with Crippen LogP contribution in [0.4, 0.5) is 10.2 Å². The molecule has 174 valence electrons. The van der Waals surface area contributed by atoms with Crippen LogP contribution in [0.1, 0.15) is 27.3 Å². The van der Waals surface area contributed by atoms with Crippen LogP contribution in [0.15, 0.2) is 91.3 Å². The predicted octanol–water partition coefficient (Wildman–Crippen LogP) is 5.79. The van der Waals surface area contributed by atoms with E-state index in [2.05, 4.69) is 15.4 Å². The summed E-state index contributed by atoms with van der Waals surface area (Å²) in [5.41, 5.74) is 5.71. The molecule has 0 unspecified atom stereocenters. The van der Waals surface area contributed by atoms with Crippen LogP contribution < -0.4 is 5.32 Å². The fourth-order valence-corrected chi connectivity index (χ4v) is 4.06. The number of carbonyl (C=O) groups is 1. The quantitative estimate of drug-likeness (QED) is 0.345. The third-order valence-corrected chi connectivity index (χ3v) is 5.77. The number of hydrogen-bond acceptors (Lipinski definition) is 3. The summed E-state index contributed by atoms with van der Waals surface area (Å²) in [4.78, 5) is 17.8. The van der Waals surface area contributed by atoms with Gasteiger partial charge in [-0.3, -0.25) is 4.79 Å². The van der Waals surface area contributed by atoms with Crippen LogP contribution in [0.5, 0.6) is 0 Å². The Morgan fingerprint density at radius 2 is 1.66 bits per heavy atom. The lowest BCUT2D eigenvalue weighted by Gasteiger charge is -2.13. The van der Waals surface area contributed by atoms with Crippen LogP contribution in [-0.4, -0.2) is 25.2 Å². The van der Waals surface area contributed by atoms with Crippen LogP contribution in [0.2, 0.25) is 0 Å². The number of benzene rings is 3. The molecule has 0 aliphatic heterocycles. The molecular weight excluding hydrogens is 441 g/mol. The van der Waals surface area contributed by atoms with Crippen molar-refractivity contribution in [3.63, 3.8) is 0 Å². The van der Waals surface area contributed by atoms with Gasteiger partial charge in [0.25, 0.3) is 5.91 Å². The lowest BCUT2D eigenvalue weighted by Crippen LogP contribution is -2.16. The average molecular weight is 466 g/mol. The molecule has 2 heterocycles. The minimum atomic E-state index is -0.328. The standard InChI is InChI=1S/C28H24FN5O/c1-19-16-20(2)34(32-19)25-14-10-23(11-15-25)28(35)31-27-26(22-8-12-24(29)13-9-22)30-18-33(27)17-21-6-4-3-5-7-21/h3-16,18H,17H2,1-2H3,(H,31,35). The number of nitrogens with zero attached hydrogens (tertiary/aromatic N) is 4. The molecular formula is C28H24FN5O. The number of aryl methyl sites for hydroxylation is 2. The molecule has 35 heavy (non-hydrogen) atoms. The molecule has 5 rings (SSSR count). The second-order valence-electron chi connectivity index (χ2n) is 8.40. The molecule has 0 aliphatic rings. The highest BCUT2D eigenvalue weighted by Crippen LogP contribution is 2.28. The van der Waals surface area contributed by atoms with Crippen molar-refractivity contribution in [3.8, 4) is 16.9 Å². The largest absolute Gasteiger partial charge is 0.312 e. The van der Waals surface area contributed by atoms with Gasteiger partial charge in [-0.15, -0.1) is 0 Å². The number of rotatable bonds is 6. The maximum absolute atomic E-state index is 13.5. The maximum atomic E-state index is 13.5. The summed E-state index contributed by atoms with van der Waals surface area (Å²) in [5, 5.41) is 7.53. The van der Waals surface area contributed by atoms with Gasteiger partial charge in [0.1, 0.15) is 17.3 Å². The summed E-state index contributed by atoms with van der Waals surface area (Å²) in [6, 6.07) is 25.3. The van der Waals surface area contributed by atoms with Crippen LogP contribution in [0.25, 0.3) is 16.9 Å². The fraction of sp³-hybridized carbons (Fsp3) is 0.107. The van der Waals surface area contributed by atoms with Crippen LogP contribution in [0, 0.1) is 19.7 Å². The SMILES string of the molecule is Cc1cc(C)n(-c2ccc(C(=O)Nc3c(-c4ccc(F)cc4)ncn3Cc3ccccc3)cc2)n1. The third kappa shape index (κ3) is 4.75. The van der Waals surface area contributed by atoms with Crippen LogP contribution in [-0.2, 0) is 6.54 Å². The molecule has 0 bridgehead atoms. The van der Waals surface area contributed by atoms with E-state index in [1.54, 1.807) is 30.6 Å². The molecule has 0 saturated carbocycles. The van der Waals surface area contributed by atoms with Gasteiger partial charge in [-0.1, -0.05) is 30.3 Å². The Kier molecular flexibility index (Phi) is 5.97. The lowest BCUT2D eigenvalue weighted by molar-refractivity contribution is 0.102. The van der Waals surface area contributed by atoms with Gasteiger partial charge in [-0.2, -0.15) is 5.10 Å². The maximum Gasteiger partial charge on any atom is 0.256 e. The molecule has 0 atom stereocenters. The molecule has 0 radical (unpaired) electrons. The first-order valence-electron chi connectivity index (χ1n) is 11.3. The molecule has 0 fully saturated rings. The van der Waals surface area contributed by atoms with E-state index < -0.39 is 0 Å². The molecule has 0 aliphatic carbocycles. The number of nitrogens with one attached hydrogen (secondary N) is 1. The second kappa shape index (κ2) is 9.38. The smallest absolute Gasteiger partial charge is 0.256 e. The number of halogens is 1. The first-order valence-corrected chi connectivity index (χ1v) is 11.3. The summed E-state index contributed by atoms with van der Waals surface area (Å²) in [6.07, 6.45) is 1.69. The van der Waals surface area contributed by atoms with Gasteiger partial charge < -0.3 is 9.88 Å². The zero-order valence-corrected chi connectivity index (χ0v) is 19.4. The van der Waals surface area contributed by atoms with Crippen molar-refractivity contribution in [1.82, 2.24) is 19.3 Å². The van der Waals surface area contributed by atoms with E-state index in [1.165, 1.54) is 12.1 Å².